The normalized spacial score (nSPS) is 11.5. The summed E-state index contributed by atoms with van der Waals surface area (Å²) in [6.07, 6.45) is 0. The summed E-state index contributed by atoms with van der Waals surface area (Å²) in [4.78, 5) is 10.7. The fourth-order valence-electron chi connectivity index (χ4n) is 1.34. The van der Waals surface area contributed by atoms with E-state index in [-0.39, 0.29) is 5.91 Å². The van der Waals surface area contributed by atoms with E-state index in [1.165, 1.54) is 0 Å². The molecule has 0 aromatic heterocycles. The average Bonchev–Trinajstić information content (AvgIpc) is 2.00. The maximum absolute atomic E-state index is 10.7. The van der Waals surface area contributed by atoms with E-state index in [0.717, 1.165) is 24.1 Å². The summed E-state index contributed by atoms with van der Waals surface area (Å²) in [5, 5.41) is 0. The molecule has 0 aliphatic carbocycles. The van der Waals surface area contributed by atoms with E-state index in [1.54, 1.807) is 0 Å². The number of hydrogen-bond acceptors (Lipinski definition) is 1. The Hall–Kier alpha value is -0.570. The lowest BCUT2D eigenvalue weighted by molar-refractivity contribution is -0.915. The molecule has 0 saturated carbocycles. The van der Waals surface area contributed by atoms with Gasteiger partial charge in [0.1, 0.15) is 0 Å². The van der Waals surface area contributed by atoms with Crippen LogP contribution in [-0.2, 0) is 4.79 Å². The highest BCUT2D eigenvalue weighted by atomic mass is 16.1. The predicted octanol–water partition coefficient (Wildman–Crippen LogP) is 0.348. The number of primary amides is 1. The molecular formula is C8H19N2O+. The van der Waals surface area contributed by atoms with Crippen LogP contribution >= 0.6 is 0 Å². The van der Waals surface area contributed by atoms with Gasteiger partial charge in [-0.3, -0.25) is 4.79 Å². The molecule has 0 atom stereocenters. The number of amides is 1. The van der Waals surface area contributed by atoms with Gasteiger partial charge < -0.3 is 10.2 Å². The van der Waals surface area contributed by atoms with Crippen molar-refractivity contribution in [3.8, 4) is 0 Å². The van der Waals surface area contributed by atoms with Gasteiger partial charge in [0.15, 0.2) is 6.54 Å². The molecule has 2 N–H and O–H groups in total. The molecule has 11 heavy (non-hydrogen) atoms. The summed E-state index contributed by atoms with van der Waals surface area (Å²) in [7, 11) is 0. The van der Waals surface area contributed by atoms with Crippen LogP contribution in [0.25, 0.3) is 0 Å². The van der Waals surface area contributed by atoms with Crippen molar-refractivity contribution in [1.29, 1.82) is 0 Å². The Morgan fingerprint density at radius 3 is 1.64 bits per heavy atom. The Labute approximate surface area is 68.8 Å². The number of hydrogen-bond donors (Lipinski definition) is 1. The molecular weight excluding hydrogens is 140 g/mol. The minimum Gasteiger partial charge on any atom is -0.365 e. The van der Waals surface area contributed by atoms with E-state index >= 15 is 0 Å². The van der Waals surface area contributed by atoms with Crippen molar-refractivity contribution >= 4 is 5.91 Å². The molecule has 0 bridgehead atoms. The van der Waals surface area contributed by atoms with Crippen LogP contribution < -0.4 is 5.73 Å². The second-order valence-corrected chi connectivity index (χ2v) is 2.91. The van der Waals surface area contributed by atoms with E-state index in [2.05, 4.69) is 20.8 Å². The molecule has 0 heterocycles. The topological polar surface area (TPSA) is 43.1 Å². The van der Waals surface area contributed by atoms with Gasteiger partial charge in [0, 0.05) is 0 Å². The summed E-state index contributed by atoms with van der Waals surface area (Å²) < 4.78 is 0.815. The van der Waals surface area contributed by atoms with Gasteiger partial charge in [-0.1, -0.05) is 0 Å². The summed E-state index contributed by atoms with van der Waals surface area (Å²) in [6.45, 7) is 9.70. The predicted molar refractivity (Wildman–Crippen MR) is 45.9 cm³/mol. The van der Waals surface area contributed by atoms with Crippen LogP contribution in [0.3, 0.4) is 0 Å². The third-order valence-corrected chi connectivity index (χ3v) is 2.50. The second-order valence-electron chi connectivity index (χ2n) is 2.91. The number of likely N-dealkylation sites (N-methyl/N-ethyl adjacent to an activating group) is 1. The largest absolute Gasteiger partial charge is 0.365 e. The fraction of sp³-hybridized carbons (Fsp3) is 0.875. The van der Waals surface area contributed by atoms with Crippen LogP contribution in [0, 0.1) is 0 Å². The average molecular weight is 159 g/mol. The SMILES string of the molecule is CC[N+](CC)(CC)CC(N)=O. The van der Waals surface area contributed by atoms with Crippen LogP contribution in [0.2, 0.25) is 0 Å². The molecule has 3 heteroatoms. The van der Waals surface area contributed by atoms with Crippen molar-refractivity contribution in [1.82, 2.24) is 0 Å². The minimum atomic E-state index is -0.199. The molecule has 0 saturated heterocycles. The lowest BCUT2D eigenvalue weighted by Gasteiger charge is -2.34. The highest BCUT2D eigenvalue weighted by Crippen LogP contribution is 2.03. The Balaban J connectivity index is 4.16. The molecule has 3 nitrogen and oxygen atoms in total. The first-order valence-corrected chi connectivity index (χ1v) is 4.23. The van der Waals surface area contributed by atoms with Gasteiger partial charge in [-0.05, 0) is 20.8 Å². The van der Waals surface area contributed by atoms with Crippen LogP contribution in [0.4, 0.5) is 0 Å². The van der Waals surface area contributed by atoms with Gasteiger partial charge in [-0.15, -0.1) is 0 Å². The van der Waals surface area contributed by atoms with Crippen molar-refractivity contribution in [2.24, 2.45) is 5.73 Å². The monoisotopic (exact) mass is 159 g/mol. The van der Waals surface area contributed by atoms with Crippen molar-refractivity contribution in [3.05, 3.63) is 0 Å². The Morgan fingerprint density at radius 1 is 1.18 bits per heavy atom. The van der Waals surface area contributed by atoms with E-state index in [4.69, 9.17) is 5.73 Å². The maximum Gasteiger partial charge on any atom is 0.272 e. The van der Waals surface area contributed by atoms with Crippen molar-refractivity contribution < 1.29 is 9.28 Å². The molecule has 0 aliphatic rings. The Morgan fingerprint density at radius 2 is 1.55 bits per heavy atom. The number of carbonyl (C=O) groups excluding carboxylic acids is 1. The van der Waals surface area contributed by atoms with Gasteiger partial charge >= 0.3 is 0 Å². The quantitative estimate of drug-likeness (QED) is 0.578. The van der Waals surface area contributed by atoms with E-state index in [1.807, 2.05) is 0 Å². The lowest BCUT2D eigenvalue weighted by Crippen LogP contribution is -2.52. The van der Waals surface area contributed by atoms with Crippen LogP contribution in [0.5, 0.6) is 0 Å². The van der Waals surface area contributed by atoms with Crippen LogP contribution in [0.15, 0.2) is 0 Å². The first-order chi connectivity index (χ1) is 5.10. The second kappa shape index (κ2) is 4.34. The van der Waals surface area contributed by atoms with Gasteiger partial charge in [0.2, 0.25) is 0 Å². The first-order valence-electron chi connectivity index (χ1n) is 4.23. The zero-order valence-corrected chi connectivity index (χ0v) is 7.76. The zero-order valence-electron chi connectivity index (χ0n) is 7.76. The number of nitrogens with zero attached hydrogens (tertiary/aromatic N) is 1. The molecule has 66 valence electrons. The number of nitrogens with two attached hydrogens (primary N) is 1. The summed E-state index contributed by atoms with van der Waals surface area (Å²) >= 11 is 0. The molecule has 0 rings (SSSR count). The van der Waals surface area contributed by atoms with E-state index in [0.29, 0.717) is 6.54 Å². The molecule has 0 fully saturated rings. The molecule has 0 unspecified atom stereocenters. The van der Waals surface area contributed by atoms with Gasteiger partial charge in [0.05, 0.1) is 19.6 Å². The minimum absolute atomic E-state index is 0.199. The third-order valence-electron chi connectivity index (χ3n) is 2.50. The smallest absolute Gasteiger partial charge is 0.272 e. The molecule has 0 aliphatic heterocycles. The van der Waals surface area contributed by atoms with Crippen molar-refractivity contribution in [3.63, 3.8) is 0 Å². The number of carbonyl (C=O) groups is 1. The van der Waals surface area contributed by atoms with Gasteiger partial charge in [-0.25, -0.2) is 0 Å². The van der Waals surface area contributed by atoms with Gasteiger partial charge in [-0.2, -0.15) is 0 Å². The summed E-state index contributed by atoms with van der Waals surface area (Å²) in [5.41, 5.74) is 5.15. The molecule has 0 spiro atoms. The van der Waals surface area contributed by atoms with Crippen molar-refractivity contribution in [2.45, 2.75) is 20.8 Å². The Bertz CT molecular complexity index is 122. The maximum atomic E-state index is 10.7. The summed E-state index contributed by atoms with van der Waals surface area (Å²) in [5.74, 6) is -0.199. The highest BCUT2D eigenvalue weighted by Gasteiger charge is 2.22. The van der Waals surface area contributed by atoms with Gasteiger partial charge in [0.25, 0.3) is 5.91 Å². The van der Waals surface area contributed by atoms with E-state index in [9.17, 15) is 4.79 Å². The fourth-order valence-corrected chi connectivity index (χ4v) is 1.34. The standard InChI is InChI=1S/C8H18N2O/c1-4-10(5-2,6-3)7-8(9)11/h4-7H2,1-3H3,(H-,9,11)/p+1. The van der Waals surface area contributed by atoms with Crippen LogP contribution in [-0.4, -0.2) is 36.6 Å². The molecule has 0 radical (unpaired) electrons. The molecule has 0 aromatic rings. The highest BCUT2D eigenvalue weighted by molar-refractivity contribution is 5.74. The Kier molecular flexibility index (Phi) is 4.11. The van der Waals surface area contributed by atoms with Crippen molar-refractivity contribution in [2.75, 3.05) is 26.2 Å². The van der Waals surface area contributed by atoms with E-state index < -0.39 is 0 Å². The number of rotatable bonds is 5. The first kappa shape index (κ1) is 10.4. The van der Waals surface area contributed by atoms with Crippen LogP contribution in [0.1, 0.15) is 20.8 Å². The summed E-state index contributed by atoms with van der Waals surface area (Å²) in [6, 6.07) is 0. The zero-order chi connectivity index (χ0) is 8.91. The molecule has 1 amide bonds. The molecule has 0 aromatic carbocycles. The number of quaternary nitrogens is 1. The third kappa shape index (κ3) is 2.89. The lowest BCUT2D eigenvalue weighted by atomic mass is 10.3.